The molecule has 3 heterocycles. The van der Waals surface area contributed by atoms with E-state index in [1.165, 1.54) is 29.1 Å². The summed E-state index contributed by atoms with van der Waals surface area (Å²) in [6.07, 6.45) is 2.17. The van der Waals surface area contributed by atoms with Crippen LogP contribution in [-0.4, -0.2) is 43.9 Å². The van der Waals surface area contributed by atoms with Crippen molar-refractivity contribution in [1.29, 1.82) is 0 Å². The third-order valence-electron chi connectivity index (χ3n) is 8.11. The topological polar surface area (TPSA) is 92.3 Å². The number of aliphatic hydroxyl groups excluding tert-OH is 1. The van der Waals surface area contributed by atoms with E-state index in [1.807, 2.05) is 12.1 Å². The van der Waals surface area contributed by atoms with Gasteiger partial charge in [-0.3, -0.25) is 0 Å². The predicted molar refractivity (Wildman–Crippen MR) is 155 cm³/mol. The fraction of sp³-hybridized carbons (Fsp3) is 0.281. The second-order valence-electron chi connectivity index (χ2n) is 11.0. The number of hydrogen-bond donors (Lipinski definition) is 3. The smallest absolute Gasteiger partial charge is 0.201 e. The number of ether oxygens (including phenoxy) is 1. The van der Waals surface area contributed by atoms with Crippen LogP contribution in [0.15, 0.2) is 66.9 Å². The zero-order chi connectivity index (χ0) is 29.5. The largest absolute Gasteiger partial charge is 0.454 e. The Morgan fingerprint density at radius 1 is 1.00 bits per heavy atom. The molecule has 0 saturated carbocycles. The summed E-state index contributed by atoms with van der Waals surface area (Å²) in [7, 11) is 0. The van der Waals surface area contributed by atoms with Crippen molar-refractivity contribution in [2.24, 2.45) is 0 Å². The number of anilines is 1. The number of aliphatic hydroxyl groups is 1. The summed E-state index contributed by atoms with van der Waals surface area (Å²) >= 11 is 0. The fourth-order valence-corrected chi connectivity index (χ4v) is 5.68. The van der Waals surface area contributed by atoms with Gasteiger partial charge in [-0.15, -0.1) is 0 Å². The fourth-order valence-electron chi connectivity index (χ4n) is 5.68. The lowest BCUT2D eigenvalue weighted by molar-refractivity contribution is 0.171. The van der Waals surface area contributed by atoms with Gasteiger partial charge in [-0.05, 0) is 106 Å². The van der Waals surface area contributed by atoms with E-state index in [2.05, 4.69) is 28.8 Å². The standard InChI is InChI=1S/C32H32F3N5O2/c1-18(2)39-12-10-19(11-13-39)23-14-20-15-28(38-27(20)16-26(23)34)31(41)24-17-37-40(32(24)36)21-6-8-22(9-7-21)42-29-5-3-4-25(33)30(29)35/h3-9,14-19,31,38,41H,10-13,36H2,1-2H3. The Labute approximate surface area is 241 Å². The number of nitrogen functional groups attached to an aromatic ring is 1. The van der Waals surface area contributed by atoms with Crippen molar-refractivity contribution in [2.45, 2.75) is 44.8 Å². The van der Waals surface area contributed by atoms with E-state index in [9.17, 15) is 13.9 Å². The first-order valence-corrected chi connectivity index (χ1v) is 14.0. The van der Waals surface area contributed by atoms with Gasteiger partial charge in [0.2, 0.25) is 5.82 Å². The third kappa shape index (κ3) is 5.23. The van der Waals surface area contributed by atoms with E-state index in [1.54, 1.807) is 24.3 Å². The normalized spacial score (nSPS) is 15.5. The molecule has 2 aromatic heterocycles. The Hall–Kier alpha value is -4.28. The molecule has 3 aromatic carbocycles. The Bertz CT molecular complexity index is 1720. The Kier molecular flexibility index (Phi) is 7.42. The molecule has 0 amide bonds. The van der Waals surface area contributed by atoms with E-state index >= 15 is 4.39 Å². The number of rotatable bonds is 7. The van der Waals surface area contributed by atoms with E-state index in [4.69, 9.17) is 10.5 Å². The average Bonchev–Trinajstić information content (AvgIpc) is 3.58. The van der Waals surface area contributed by atoms with Gasteiger partial charge in [0.1, 0.15) is 23.5 Å². The van der Waals surface area contributed by atoms with Crippen molar-refractivity contribution >= 4 is 16.7 Å². The molecule has 1 unspecified atom stereocenters. The van der Waals surface area contributed by atoms with Crippen molar-refractivity contribution in [3.8, 4) is 17.2 Å². The molecule has 1 atom stereocenters. The van der Waals surface area contributed by atoms with Gasteiger partial charge in [-0.2, -0.15) is 9.49 Å². The van der Waals surface area contributed by atoms with Gasteiger partial charge in [-0.1, -0.05) is 6.07 Å². The number of nitrogens with two attached hydrogens (primary N) is 1. The lowest BCUT2D eigenvalue weighted by atomic mass is 9.88. The molecule has 1 aliphatic heterocycles. The minimum Gasteiger partial charge on any atom is -0.454 e. The van der Waals surface area contributed by atoms with Gasteiger partial charge in [0.15, 0.2) is 11.6 Å². The summed E-state index contributed by atoms with van der Waals surface area (Å²) in [5.41, 5.74) is 9.13. The predicted octanol–water partition coefficient (Wildman–Crippen LogP) is 6.81. The number of aromatic nitrogens is 3. The van der Waals surface area contributed by atoms with Gasteiger partial charge in [0.25, 0.3) is 0 Å². The number of hydrogen-bond acceptors (Lipinski definition) is 5. The highest BCUT2D eigenvalue weighted by atomic mass is 19.2. The molecule has 42 heavy (non-hydrogen) atoms. The summed E-state index contributed by atoms with van der Waals surface area (Å²) < 4.78 is 49.5. The number of likely N-dealkylation sites (tertiary alicyclic amines) is 1. The highest BCUT2D eigenvalue weighted by molar-refractivity contribution is 5.82. The Balaban J connectivity index is 1.20. The first-order valence-electron chi connectivity index (χ1n) is 14.0. The quantitative estimate of drug-likeness (QED) is 0.198. The van der Waals surface area contributed by atoms with Gasteiger partial charge >= 0.3 is 0 Å². The van der Waals surface area contributed by atoms with E-state index in [-0.39, 0.29) is 23.3 Å². The maximum Gasteiger partial charge on any atom is 0.201 e. The minimum atomic E-state index is -1.12. The van der Waals surface area contributed by atoms with Crippen LogP contribution in [0.25, 0.3) is 16.6 Å². The van der Waals surface area contributed by atoms with Crippen LogP contribution in [0.5, 0.6) is 11.5 Å². The number of H-pyrrole nitrogens is 1. The molecule has 0 aliphatic carbocycles. The van der Waals surface area contributed by atoms with Crippen LogP contribution in [0.4, 0.5) is 19.0 Å². The van der Waals surface area contributed by atoms with Crippen LogP contribution in [0.1, 0.15) is 55.5 Å². The van der Waals surface area contributed by atoms with Crippen LogP contribution in [0.2, 0.25) is 0 Å². The van der Waals surface area contributed by atoms with Gasteiger partial charge in [0, 0.05) is 28.2 Å². The monoisotopic (exact) mass is 575 g/mol. The third-order valence-corrected chi connectivity index (χ3v) is 8.11. The summed E-state index contributed by atoms with van der Waals surface area (Å²) in [5.74, 6) is -1.87. The van der Waals surface area contributed by atoms with Crippen molar-refractivity contribution in [1.82, 2.24) is 19.7 Å². The molecular formula is C32H32F3N5O2. The first-order chi connectivity index (χ1) is 20.2. The Morgan fingerprint density at radius 2 is 1.74 bits per heavy atom. The molecular weight excluding hydrogens is 543 g/mol. The zero-order valence-corrected chi connectivity index (χ0v) is 23.3. The number of aromatic amines is 1. The number of halogens is 3. The molecule has 10 heteroatoms. The highest BCUT2D eigenvalue weighted by Crippen LogP contribution is 2.35. The number of benzene rings is 3. The second kappa shape index (κ2) is 11.2. The van der Waals surface area contributed by atoms with E-state index in [0.29, 0.717) is 39.8 Å². The molecule has 0 spiro atoms. The van der Waals surface area contributed by atoms with Crippen LogP contribution in [0, 0.1) is 17.5 Å². The highest BCUT2D eigenvalue weighted by Gasteiger charge is 2.26. The van der Waals surface area contributed by atoms with Crippen molar-refractivity contribution in [2.75, 3.05) is 18.8 Å². The number of nitrogens with one attached hydrogen (secondary N) is 1. The Morgan fingerprint density at radius 3 is 2.45 bits per heavy atom. The lowest BCUT2D eigenvalue weighted by Gasteiger charge is -2.34. The minimum absolute atomic E-state index is 0.159. The average molecular weight is 576 g/mol. The van der Waals surface area contributed by atoms with E-state index in [0.717, 1.165) is 37.4 Å². The molecule has 0 radical (unpaired) electrons. The molecule has 218 valence electrons. The van der Waals surface area contributed by atoms with Crippen molar-refractivity contribution in [3.05, 3.63) is 101 Å². The number of fused-ring (bicyclic) bond motifs is 1. The summed E-state index contributed by atoms with van der Waals surface area (Å²) in [5, 5.41) is 16.4. The summed E-state index contributed by atoms with van der Waals surface area (Å²) in [6.45, 7) is 6.26. The zero-order valence-electron chi connectivity index (χ0n) is 23.3. The molecule has 0 bridgehead atoms. The number of piperidine rings is 1. The summed E-state index contributed by atoms with van der Waals surface area (Å²) in [6, 6.07) is 15.9. The maximum absolute atomic E-state index is 15.2. The SMILES string of the molecule is CC(C)N1CCC(c2cc3cc(C(O)c4cnn(-c5ccc(Oc6cccc(F)c6F)cc5)c4N)[nH]c3cc2F)CC1. The van der Waals surface area contributed by atoms with Gasteiger partial charge in [-0.25, -0.2) is 13.5 Å². The van der Waals surface area contributed by atoms with Gasteiger partial charge < -0.3 is 25.5 Å². The maximum atomic E-state index is 15.2. The first kappa shape index (κ1) is 27.9. The molecule has 6 rings (SSSR count). The molecule has 1 fully saturated rings. The van der Waals surface area contributed by atoms with Crippen molar-refractivity contribution in [3.63, 3.8) is 0 Å². The van der Waals surface area contributed by atoms with E-state index < -0.39 is 17.7 Å². The molecule has 4 N–H and O–H groups in total. The van der Waals surface area contributed by atoms with Crippen LogP contribution < -0.4 is 10.5 Å². The lowest BCUT2D eigenvalue weighted by Crippen LogP contribution is -2.37. The van der Waals surface area contributed by atoms with Gasteiger partial charge in [0.05, 0.1) is 11.9 Å². The second-order valence-corrected chi connectivity index (χ2v) is 11.0. The number of nitrogens with zero attached hydrogens (tertiary/aromatic N) is 3. The molecule has 5 aromatic rings. The molecule has 7 nitrogen and oxygen atoms in total. The van der Waals surface area contributed by atoms with Crippen molar-refractivity contribution < 1.29 is 23.0 Å². The molecule has 1 saturated heterocycles. The van der Waals surface area contributed by atoms with Crippen LogP contribution in [0.3, 0.4) is 0 Å². The molecule has 1 aliphatic rings. The van der Waals surface area contributed by atoms with Crippen LogP contribution >= 0.6 is 0 Å². The summed E-state index contributed by atoms with van der Waals surface area (Å²) in [4.78, 5) is 5.55. The van der Waals surface area contributed by atoms with Crippen LogP contribution in [-0.2, 0) is 0 Å².